The molecule has 0 atom stereocenters. The van der Waals surface area contributed by atoms with E-state index in [9.17, 15) is 4.79 Å². The Labute approximate surface area is 259 Å². The fourth-order valence-electron chi connectivity index (χ4n) is 5.84. The summed E-state index contributed by atoms with van der Waals surface area (Å²) in [7, 11) is 0. The summed E-state index contributed by atoms with van der Waals surface area (Å²) in [6, 6.07) is 19.9. The van der Waals surface area contributed by atoms with Crippen molar-refractivity contribution in [3.8, 4) is 23.1 Å². The van der Waals surface area contributed by atoms with Gasteiger partial charge in [0.2, 0.25) is 5.82 Å². The first-order valence-electron chi connectivity index (χ1n) is 14.9. The highest BCUT2D eigenvalue weighted by molar-refractivity contribution is 5.95. The largest absolute Gasteiger partial charge is 0.383 e. The minimum atomic E-state index is -0.123. The van der Waals surface area contributed by atoms with Crippen molar-refractivity contribution in [1.82, 2.24) is 34.4 Å². The van der Waals surface area contributed by atoms with Gasteiger partial charge in [-0.15, -0.1) is 0 Å². The first-order valence-corrected chi connectivity index (χ1v) is 14.9. The molecule has 7 rings (SSSR count). The van der Waals surface area contributed by atoms with Gasteiger partial charge in [-0.05, 0) is 60.9 Å². The molecule has 1 amide bonds. The maximum atomic E-state index is 12.6. The number of pyridine rings is 2. The average Bonchev–Trinajstić information content (AvgIpc) is 3.45. The SMILES string of the molecule is N#Cc1nccc(NC2CCN(Cc3ccc(-n4c(-c5cccnc5N)nc5ccc(N6CCOCC6=O)nc54)cc3)CC2)n1. The molecule has 6 heterocycles. The number of fused-ring (bicyclic) bond motifs is 1. The Kier molecular flexibility index (Phi) is 7.73. The van der Waals surface area contributed by atoms with Crippen LogP contribution in [-0.2, 0) is 16.1 Å². The number of nitrogens with two attached hydrogens (primary N) is 1. The number of anilines is 3. The van der Waals surface area contributed by atoms with Gasteiger partial charge in [0.15, 0.2) is 11.5 Å². The summed E-state index contributed by atoms with van der Waals surface area (Å²) >= 11 is 0. The molecule has 2 aliphatic heterocycles. The Morgan fingerprint density at radius 1 is 0.978 bits per heavy atom. The van der Waals surface area contributed by atoms with E-state index in [0.717, 1.165) is 38.2 Å². The van der Waals surface area contributed by atoms with Crippen LogP contribution in [0.1, 0.15) is 24.2 Å². The fraction of sp³-hybridized carbons (Fsp3) is 0.281. The van der Waals surface area contributed by atoms with E-state index in [1.165, 1.54) is 5.56 Å². The van der Waals surface area contributed by atoms with Gasteiger partial charge in [0, 0.05) is 43.8 Å². The molecule has 13 nitrogen and oxygen atoms in total. The Bertz CT molecular complexity index is 1890. The number of morpholine rings is 1. The third-order valence-electron chi connectivity index (χ3n) is 8.13. The zero-order valence-electron chi connectivity index (χ0n) is 24.5. The van der Waals surface area contributed by atoms with E-state index in [2.05, 4.69) is 49.4 Å². The number of nitrogens with zero attached hydrogens (tertiary/aromatic N) is 9. The molecule has 5 aromatic rings. The molecule has 0 spiro atoms. The maximum Gasteiger partial charge on any atom is 0.254 e. The monoisotopic (exact) mass is 601 g/mol. The number of likely N-dealkylation sites (tertiary alicyclic amines) is 1. The summed E-state index contributed by atoms with van der Waals surface area (Å²) in [6.45, 7) is 3.66. The number of hydrogen-bond acceptors (Lipinski definition) is 11. The number of imidazole rings is 1. The number of rotatable bonds is 7. The number of aromatic nitrogens is 6. The predicted octanol–water partition coefficient (Wildman–Crippen LogP) is 3.17. The minimum absolute atomic E-state index is 0.0389. The lowest BCUT2D eigenvalue weighted by atomic mass is 10.0. The number of hydrogen-bond donors (Lipinski definition) is 2. The van der Waals surface area contributed by atoms with Crippen LogP contribution in [0.5, 0.6) is 0 Å². The van der Waals surface area contributed by atoms with Crippen LogP contribution < -0.4 is 16.0 Å². The molecule has 0 bridgehead atoms. The highest BCUT2D eigenvalue weighted by atomic mass is 16.5. The fourth-order valence-corrected chi connectivity index (χ4v) is 5.84. The number of nitrogen functional groups attached to an aromatic ring is 1. The molecule has 3 N–H and O–H groups in total. The van der Waals surface area contributed by atoms with Crippen LogP contribution in [-0.4, -0.2) is 79.2 Å². The molecule has 1 aromatic carbocycles. The molecule has 0 aliphatic carbocycles. The average molecular weight is 602 g/mol. The summed E-state index contributed by atoms with van der Waals surface area (Å²) in [5.41, 5.74) is 10.4. The van der Waals surface area contributed by atoms with Crippen molar-refractivity contribution < 1.29 is 9.53 Å². The molecule has 0 radical (unpaired) electrons. The van der Waals surface area contributed by atoms with Crippen LogP contribution in [0, 0.1) is 11.3 Å². The number of piperidine rings is 1. The number of amides is 1. The number of benzene rings is 1. The molecule has 2 fully saturated rings. The van der Waals surface area contributed by atoms with Gasteiger partial charge in [-0.25, -0.2) is 24.9 Å². The van der Waals surface area contributed by atoms with Crippen LogP contribution in [0.4, 0.5) is 17.5 Å². The Morgan fingerprint density at radius 3 is 2.60 bits per heavy atom. The van der Waals surface area contributed by atoms with E-state index in [0.29, 0.717) is 59.2 Å². The van der Waals surface area contributed by atoms with Gasteiger partial charge in [-0.1, -0.05) is 12.1 Å². The highest BCUT2D eigenvalue weighted by Crippen LogP contribution is 2.32. The molecular formula is C32H31N11O2. The lowest BCUT2D eigenvalue weighted by Gasteiger charge is -2.32. The molecule has 2 saturated heterocycles. The number of ether oxygens (including phenoxy) is 1. The molecule has 2 aliphatic rings. The third-order valence-corrected chi connectivity index (χ3v) is 8.13. The van der Waals surface area contributed by atoms with E-state index in [4.69, 9.17) is 25.7 Å². The van der Waals surface area contributed by atoms with Crippen LogP contribution in [0.3, 0.4) is 0 Å². The smallest absolute Gasteiger partial charge is 0.254 e. The summed E-state index contributed by atoms with van der Waals surface area (Å²) in [5, 5.41) is 12.5. The van der Waals surface area contributed by atoms with Crippen molar-refractivity contribution in [2.75, 3.05) is 48.8 Å². The quantitative estimate of drug-likeness (QED) is 0.282. The van der Waals surface area contributed by atoms with Crippen molar-refractivity contribution >= 4 is 34.5 Å². The Morgan fingerprint density at radius 2 is 1.82 bits per heavy atom. The van der Waals surface area contributed by atoms with E-state index in [1.54, 1.807) is 23.4 Å². The molecule has 0 unspecified atom stereocenters. The first kappa shape index (κ1) is 28.3. The second-order valence-corrected chi connectivity index (χ2v) is 11.1. The molecule has 4 aromatic heterocycles. The van der Waals surface area contributed by atoms with Gasteiger partial charge in [0.25, 0.3) is 5.91 Å². The molecular weight excluding hydrogens is 570 g/mol. The summed E-state index contributed by atoms with van der Waals surface area (Å²) in [6.07, 6.45) is 5.20. The number of carbonyl (C=O) groups excluding carboxylic acids is 1. The summed E-state index contributed by atoms with van der Waals surface area (Å²) < 4.78 is 7.29. The van der Waals surface area contributed by atoms with Crippen molar-refractivity contribution in [2.45, 2.75) is 25.4 Å². The number of nitrogens with one attached hydrogen (secondary N) is 1. The second-order valence-electron chi connectivity index (χ2n) is 11.1. The Hall–Kier alpha value is -5.45. The standard InChI is InChI=1S/C32H31N11O2/c33-18-27-35-13-9-26(39-27)37-22-10-14-41(15-11-22)19-21-3-5-23(6-4-21)43-31(24-2-1-12-36-30(24)34)38-25-7-8-28(40-32(25)43)42-16-17-45-20-29(42)44/h1-9,12-13,22H,10-11,14-17,19-20H2,(H2,34,36)(H,35,37,39). The van der Waals surface area contributed by atoms with Crippen molar-refractivity contribution in [3.63, 3.8) is 0 Å². The van der Waals surface area contributed by atoms with Gasteiger partial charge >= 0.3 is 0 Å². The summed E-state index contributed by atoms with van der Waals surface area (Å²) in [4.78, 5) is 38.9. The van der Waals surface area contributed by atoms with Gasteiger partial charge in [0.05, 0.1) is 18.7 Å². The first-order chi connectivity index (χ1) is 22.1. The molecule has 0 saturated carbocycles. The third kappa shape index (κ3) is 5.88. The van der Waals surface area contributed by atoms with Crippen LogP contribution in [0.25, 0.3) is 28.2 Å². The lowest BCUT2D eigenvalue weighted by molar-refractivity contribution is -0.125. The van der Waals surface area contributed by atoms with Gasteiger partial charge < -0.3 is 15.8 Å². The zero-order chi connectivity index (χ0) is 30.8. The van der Waals surface area contributed by atoms with E-state index < -0.39 is 0 Å². The van der Waals surface area contributed by atoms with E-state index in [1.807, 2.05) is 34.9 Å². The van der Waals surface area contributed by atoms with Crippen LogP contribution >= 0.6 is 0 Å². The van der Waals surface area contributed by atoms with E-state index >= 15 is 0 Å². The normalized spacial score (nSPS) is 16.2. The Balaban J connectivity index is 1.12. The molecule has 13 heteroatoms. The second kappa shape index (κ2) is 12.3. The molecule has 45 heavy (non-hydrogen) atoms. The predicted molar refractivity (Wildman–Crippen MR) is 168 cm³/mol. The maximum absolute atomic E-state index is 12.6. The summed E-state index contributed by atoms with van der Waals surface area (Å²) in [5.74, 6) is 2.29. The molecule has 226 valence electrons. The minimum Gasteiger partial charge on any atom is -0.383 e. The van der Waals surface area contributed by atoms with Crippen molar-refractivity contribution in [3.05, 3.63) is 78.4 Å². The lowest BCUT2D eigenvalue weighted by Crippen LogP contribution is -2.42. The van der Waals surface area contributed by atoms with Crippen molar-refractivity contribution in [1.29, 1.82) is 5.26 Å². The van der Waals surface area contributed by atoms with Gasteiger partial charge in [-0.2, -0.15) is 5.26 Å². The van der Waals surface area contributed by atoms with Crippen molar-refractivity contribution in [2.24, 2.45) is 0 Å². The van der Waals surface area contributed by atoms with E-state index in [-0.39, 0.29) is 18.3 Å². The number of carbonyl (C=O) groups is 1. The van der Waals surface area contributed by atoms with Gasteiger partial charge in [0.1, 0.15) is 35.6 Å². The highest BCUT2D eigenvalue weighted by Gasteiger charge is 2.24. The van der Waals surface area contributed by atoms with Gasteiger partial charge in [-0.3, -0.25) is 19.2 Å². The van der Waals surface area contributed by atoms with Crippen LogP contribution in [0.2, 0.25) is 0 Å². The topological polar surface area (TPSA) is 164 Å². The van der Waals surface area contributed by atoms with Crippen LogP contribution in [0.15, 0.2) is 67.0 Å². The number of nitriles is 1. The zero-order valence-corrected chi connectivity index (χ0v) is 24.5.